The van der Waals surface area contributed by atoms with Gasteiger partial charge in [-0.05, 0) is 43.3 Å². The van der Waals surface area contributed by atoms with Gasteiger partial charge in [-0.2, -0.15) is 5.10 Å². The Kier molecular flexibility index (Phi) is 5.98. The number of hydrogen-bond donors (Lipinski definition) is 1. The van der Waals surface area contributed by atoms with Crippen LogP contribution in [0, 0.1) is 0 Å². The summed E-state index contributed by atoms with van der Waals surface area (Å²) in [6.07, 6.45) is 0.601. The molecule has 0 fully saturated rings. The van der Waals surface area contributed by atoms with Gasteiger partial charge >= 0.3 is 5.97 Å². The van der Waals surface area contributed by atoms with Gasteiger partial charge in [0.25, 0.3) is 5.91 Å². The van der Waals surface area contributed by atoms with Crippen molar-refractivity contribution >= 4 is 18.1 Å². The predicted molar refractivity (Wildman–Crippen MR) is 112 cm³/mol. The van der Waals surface area contributed by atoms with Gasteiger partial charge in [-0.25, -0.2) is 10.2 Å². The first kappa shape index (κ1) is 20.2. The van der Waals surface area contributed by atoms with Crippen LogP contribution >= 0.6 is 0 Å². The fourth-order valence-electron chi connectivity index (χ4n) is 2.94. The van der Waals surface area contributed by atoms with E-state index in [0.29, 0.717) is 35.2 Å². The largest absolute Gasteiger partial charge is 0.485 e. The summed E-state index contributed by atoms with van der Waals surface area (Å²) in [4.78, 5) is 24.0. The maximum atomic E-state index is 12.3. The van der Waals surface area contributed by atoms with Crippen molar-refractivity contribution in [3.63, 3.8) is 0 Å². The second-order valence-electron chi connectivity index (χ2n) is 6.60. The first-order valence-corrected chi connectivity index (χ1v) is 9.73. The lowest BCUT2D eigenvalue weighted by Gasteiger charge is -2.24. The molecular formula is C23H20N2O6. The number of hydrogen-bond acceptors (Lipinski definition) is 7. The number of hydrazone groups is 1. The Morgan fingerprint density at radius 1 is 1.10 bits per heavy atom. The predicted octanol–water partition coefficient (Wildman–Crippen LogP) is 3.41. The minimum Gasteiger partial charge on any atom is -0.485 e. The average Bonchev–Trinajstić information content (AvgIpc) is 3.28. The molecule has 158 valence electrons. The summed E-state index contributed by atoms with van der Waals surface area (Å²) in [7, 11) is 0. The summed E-state index contributed by atoms with van der Waals surface area (Å²) in [5, 5.41) is 3.92. The molecule has 1 aliphatic heterocycles. The first-order valence-electron chi connectivity index (χ1n) is 9.73. The standard InChI is InChI=1S/C23H20N2O6/c1-2-28-23(27)16-9-7-15(8-10-16)18-12-11-17(30-18)13-24-25-22(26)21-14-29-19-5-3-4-6-20(19)31-21/h3-13,21H,2,14H2,1H3,(H,25,26)/t21-/m0/s1. The highest BCUT2D eigenvalue weighted by atomic mass is 16.6. The van der Waals surface area contributed by atoms with Crippen LogP contribution in [0.3, 0.4) is 0 Å². The highest BCUT2D eigenvalue weighted by molar-refractivity contribution is 5.90. The van der Waals surface area contributed by atoms with Crippen molar-refractivity contribution in [3.05, 3.63) is 72.0 Å². The summed E-state index contributed by atoms with van der Waals surface area (Å²) in [5.41, 5.74) is 3.69. The molecule has 1 N–H and O–H groups in total. The number of fused-ring (bicyclic) bond motifs is 1. The number of benzene rings is 2. The number of rotatable bonds is 6. The number of ether oxygens (including phenoxy) is 3. The third kappa shape index (κ3) is 4.75. The smallest absolute Gasteiger partial charge is 0.338 e. The van der Waals surface area contributed by atoms with Gasteiger partial charge < -0.3 is 18.6 Å². The van der Waals surface area contributed by atoms with Gasteiger partial charge in [0.15, 0.2) is 11.5 Å². The van der Waals surface area contributed by atoms with Crippen molar-refractivity contribution in [3.8, 4) is 22.8 Å². The zero-order chi connectivity index (χ0) is 21.6. The molecular weight excluding hydrogens is 400 g/mol. The van der Waals surface area contributed by atoms with Crippen molar-refractivity contribution in [2.45, 2.75) is 13.0 Å². The van der Waals surface area contributed by atoms with Gasteiger partial charge in [0.1, 0.15) is 18.1 Å². The Hall–Kier alpha value is -4.07. The van der Waals surface area contributed by atoms with E-state index in [-0.39, 0.29) is 12.6 Å². The van der Waals surface area contributed by atoms with Gasteiger partial charge in [-0.15, -0.1) is 0 Å². The molecule has 1 amide bonds. The quantitative estimate of drug-likeness (QED) is 0.373. The van der Waals surface area contributed by atoms with Crippen LogP contribution in [0.5, 0.6) is 11.5 Å². The van der Waals surface area contributed by atoms with Crippen LogP contribution < -0.4 is 14.9 Å². The maximum Gasteiger partial charge on any atom is 0.338 e. The third-order valence-electron chi connectivity index (χ3n) is 4.47. The van der Waals surface area contributed by atoms with Crippen LogP contribution in [0.25, 0.3) is 11.3 Å². The number of para-hydroxylation sites is 2. The molecule has 0 unspecified atom stereocenters. The van der Waals surface area contributed by atoms with E-state index in [0.717, 1.165) is 5.56 Å². The van der Waals surface area contributed by atoms with Crippen LogP contribution in [0.2, 0.25) is 0 Å². The molecule has 0 saturated heterocycles. The fraction of sp³-hybridized carbons (Fsp3) is 0.174. The Morgan fingerprint density at radius 3 is 2.65 bits per heavy atom. The lowest BCUT2D eigenvalue weighted by molar-refractivity contribution is -0.130. The lowest BCUT2D eigenvalue weighted by Crippen LogP contribution is -2.42. The monoisotopic (exact) mass is 420 g/mol. The molecule has 0 saturated carbocycles. The third-order valence-corrected chi connectivity index (χ3v) is 4.47. The second-order valence-corrected chi connectivity index (χ2v) is 6.60. The highest BCUT2D eigenvalue weighted by Crippen LogP contribution is 2.30. The normalized spacial score (nSPS) is 14.9. The van der Waals surface area contributed by atoms with E-state index in [2.05, 4.69) is 10.5 Å². The molecule has 3 aromatic rings. The zero-order valence-electron chi connectivity index (χ0n) is 16.7. The Labute approximate surface area is 178 Å². The molecule has 8 heteroatoms. The molecule has 0 aliphatic carbocycles. The molecule has 1 atom stereocenters. The van der Waals surface area contributed by atoms with Crippen LogP contribution in [0.4, 0.5) is 0 Å². The molecule has 2 aromatic carbocycles. The number of carbonyl (C=O) groups excluding carboxylic acids is 2. The summed E-state index contributed by atoms with van der Waals surface area (Å²) in [6.45, 7) is 2.19. The minimum absolute atomic E-state index is 0.102. The van der Waals surface area contributed by atoms with E-state index >= 15 is 0 Å². The van der Waals surface area contributed by atoms with E-state index < -0.39 is 12.0 Å². The molecule has 0 radical (unpaired) electrons. The van der Waals surface area contributed by atoms with Crippen molar-refractivity contribution in [2.24, 2.45) is 5.10 Å². The summed E-state index contributed by atoms with van der Waals surface area (Å²) in [6, 6.07) is 17.5. The van der Waals surface area contributed by atoms with E-state index in [9.17, 15) is 9.59 Å². The summed E-state index contributed by atoms with van der Waals surface area (Å²) >= 11 is 0. The second kappa shape index (κ2) is 9.17. The molecule has 31 heavy (non-hydrogen) atoms. The fourth-order valence-corrected chi connectivity index (χ4v) is 2.94. The minimum atomic E-state index is -0.794. The molecule has 0 bridgehead atoms. The molecule has 2 heterocycles. The molecule has 8 nitrogen and oxygen atoms in total. The van der Waals surface area contributed by atoms with Gasteiger partial charge in [0.2, 0.25) is 6.10 Å². The maximum absolute atomic E-state index is 12.3. The number of esters is 1. The number of amides is 1. The van der Waals surface area contributed by atoms with E-state index in [1.807, 2.05) is 6.07 Å². The van der Waals surface area contributed by atoms with Gasteiger partial charge in [-0.1, -0.05) is 24.3 Å². The van der Waals surface area contributed by atoms with Gasteiger partial charge in [0, 0.05) is 5.56 Å². The first-order chi connectivity index (χ1) is 15.1. The van der Waals surface area contributed by atoms with Gasteiger partial charge in [-0.3, -0.25) is 4.79 Å². The molecule has 1 aliphatic rings. The van der Waals surface area contributed by atoms with E-state index in [1.54, 1.807) is 61.5 Å². The van der Waals surface area contributed by atoms with Crippen LogP contribution in [-0.4, -0.2) is 37.4 Å². The number of furan rings is 1. The van der Waals surface area contributed by atoms with Crippen LogP contribution in [0.1, 0.15) is 23.0 Å². The van der Waals surface area contributed by atoms with E-state index in [1.165, 1.54) is 6.21 Å². The zero-order valence-corrected chi connectivity index (χ0v) is 16.7. The number of nitrogens with one attached hydrogen (secondary N) is 1. The summed E-state index contributed by atoms with van der Waals surface area (Å²) < 4.78 is 21.8. The SMILES string of the molecule is CCOC(=O)c1ccc(-c2ccc(C=NNC(=O)[C@@H]3COc4ccccc4O3)o2)cc1. The van der Waals surface area contributed by atoms with E-state index in [4.69, 9.17) is 18.6 Å². The highest BCUT2D eigenvalue weighted by Gasteiger charge is 2.27. The topological polar surface area (TPSA) is 99.4 Å². The Morgan fingerprint density at radius 2 is 1.87 bits per heavy atom. The Bertz CT molecular complexity index is 1100. The summed E-state index contributed by atoms with van der Waals surface area (Å²) in [5.74, 6) is 1.38. The lowest BCUT2D eigenvalue weighted by atomic mass is 10.1. The molecule has 0 spiro atoms. The number of nitrogens with zero attached hydrogens (tertiary/aromatic N) is 1. The van der Waals surface area contributed by atoms with Crippen molar-refractivity contribution in [2.75, 3.05) is 13.2 Å². The number of carbonyl (C=O) groups is 2. The molecule has 4 rings (SSSR count). The van der Waals surface area contributed by atoms with Crippen molar-refractivity contribution in [1.82, 2.24) is 5.43 Å². The van der Waals surface area contributed by atoms with Crippen LogP contribution in [0.15, 0.2) is 70.2 Å². The molecule has 1 aromatic heterocycles. The van der Waals surface area contributed by atoms with Crippen molar-refractivity contribution < 1.29 is 28.2 Å². The van der Waals surface area contributed by atoms with Crippen LogP contribution in [-0.2, 0) is 9.53 Å². The average molecular weight is 420 g/mol. The van der Waals surface area contributed by atoms with Gasteiger partial charge in [0.05, 0.1) is 18.4 Å². The van der Waals surface area contributed by atoms with Crippen molar-refractivity contribution in [1.29, 1.82) is 0 Å². The Balaban J connectivity index is 1.34.